The van der Waals surface area contributed by atoms with Crippen molar-refractivity contribution < 1.29 is 9.32 Å². The molecule has 0 saturated carbocycles. The van der Waals surface area contributed by atoms with Crippen LogP contribution in [0.5, 0.6) is 0 Å². The van der Waals surface area contributed by atoms with Gasteiger partial charge in [0.2, 0.25) is 11.9 Å². The zero-order chi connectivity index (χ0) is 18.5. The van der Waals surface area contributed by atoms with Gasteiger partial charge in [-0.15, -0.1) is 0 Å². The van der Waals surface area contributed by atoms with Crippen molar-refractivity contribution in [3.63, 3.8) is 0 Å². The van der Waals surface area contributed by atoms with Crippen LogP contribution >= 0.6 is 0 Å². The molecule has 27 heavy (non-hydrogen) atoms. The number of aromatic nitrogens is 3. The summed E-state index contributed by atoms with van der Waals surface area (Å²) in [4.78, 5) is 23.4. The van der Waals surface area contributed by atoms with Gasteiger partial charge in [-0.3, -0.25) is 4.79 Å². The second-order valence-corrected chi connectivity index (χ2v) is 6.59. The van der Waals surface area contributed by atoms with E-state index in [9.17, 15) is 4.79 Å². The largest absolute Gasteiger partial charge is 0.361 e. The summed E-state index contributed by atoms with van der Waals surface area (Å²) < 4.78 is 5.02. The predicted octanol–water partition coefficient (Wildman–Crippen LogP) is 2.46. The SMILES string of the molecule is O=C(CCc1ccno1)NC1CCN(c2nccc(-c3ccccc3)n2)C1. The summed E-state index contributed by atoms with van der Waals surface area (Å²) in [5, 5.41) is 6.74. The van der Waals surface area contributed by atoms with Crippen LogP contribution < -0.4 is 10.2 Å². The van der Waals surface area contributed by atoms with Gasteiger partial charge < -0.3 is 14.7 Å². The number of rotatable bonds is 6. The molecule has 0 spiro atoms. The van der Waals surface area contributed by atoms with Gasteiger partial charge in [-0.1, -0.05) is 35.5 Å². The lowest BCUT2D eigenvalue weighted by atomic mass is 10.1. The molecular weight excluding hydrogens is 342 g/mol. The number of carbonyl (C=O) groups is 1. The van der Waals surface area contributed by atoms with E-state index in [0.717, 1.165) is 30.0 Å². The molecule has 0 aliphatic carbocycles. The van der Waals surface area contributed by atoms with Gasteiger partial charge in [0.1, 0.15) is 5.76 Å². The Hall–Kier alpha value is -3.22. The second-order valence-electron chi connectivity index (χ2n) is 6.59. The summed E-state index contributed by atoms with van der Waals surface area (Å²) in [6.07, 6.45) is 5.21. The number of carbonyl (C=O) groups excluding carboxylic acids is 1. The Labute approximate surface area is 157 Å². The molecule has 1 N–H and O–H groups in total. The molecule has 2 aromatic heterocycles. The Balaban J connectivity index is 1.33. The molecule has 3 heterocycles. The Morgan fingerprint density at radius 3 is 2.89 bits per heavy atom. The standard InChI is InChI=1S/C20H21N5O2/c26-19(7-6-17-8-12-22-27-17)23-16-10-13-25(14-16)20-21-11-9-18(24-20)15-4-2-1-3-5-15/h1-5,8-9,11-12,16H,6-7,10,13-14H2,(H,23,26). The third kappa shape index (κ3) is 4.31. The molecule has 138 valence electrons. The van der Waals surface area contributed by atoms with Crippen molar-refractivity contribution in [3.05, 3.63) is 60.6 Å². The van der Waals surface area contributed by atoms with E-state index in [4.69, 9.17) is 9.51 Å². The molecule has 1 atom stereocenters. The average Bonchev–Trinajstić information content (AvgIpc) is 3.39. The molecule has 0 bridgehead atoms. The third-order valence-electron chi connectivity index (χ3n) is 4.64. The zero-order valence-corrected chi connectivity index (χ0v) is 14.9. The Morgan fingerprint density at radius 2 is 2.07 bits per heavy atom. The fourth-order valence-electron chi connectivity index (χ4n) is 3.24. The first-order valence-corrected chi connectivity index (χ1v) is 9.10. The fourth-order valence-corrected chi connectivity index (χ4v) is 3.24. The van der Waals surface area contributed by atoms with E-state index in [-0.39, 0.29) is 11.9 Å². The van der Waals surface area contributed by atoms with Crippen LogP contribution in [0.4, 0.5) is 5.95 Å². The van der Waals surface area contributed by atoms with Crippen molar-refractivity contribution in [2.24, 2.45) is 0 Å². The highest BCUT2D eigenvalue weighted by Crippen LogP contribution is 2.21. The van der Waals surface area contributed by atoms with Crippen molar-refractivity contribution in [1.29, 1.82) is 0 Å². The number of amides is 1. The molecule has 1 aliphatic rings. The smallest absolute Gasteiger partial charge is 0.225 e. The van der Waals surface area contributed by atoms with Crippen LogP contribution in [0.15, 0.2) is 59.4 Å². The maximum absolute atomic E-state index is 12.2. The Morgan fingerprint density at radius 1 is 1.19 bits per heavy atom. The summed E-state index contributed by atoms with van der Waals surface area (Å²) in [6, 6.07) is 13.9. The number of nitrogens with one attached hydrogen (secondary N) is 1. The second kappa shape index (κ2) is 7.99. The van der Waals surface area contributed by atoms with E-state index in [1.165, 1.54) is 0 Å². The highest BCUT2D eigenvalue weighted by Gasteiger charge is 2.25. The topological polar surface area (TPSA) is 84.2 Å². The van der Waals surface area contributed by atoms with Crippen LogP contribution in [0, 0.1) is 0 Å². The lowest BCUT2D eigenvalue weighted by molar-refractivity contribution is -0.121. The normalized spacial score (nSPS) is 16.4. The van der Waals surface area contributed by atoms with Gasteiger partial charge in [-0.05, 0) is 12.5 Å². The molecule has 1 unspecified atom stereocenters. The fraction of sp³-hybridized carbons (Fsp3) is 0.300. The van der Waals surface area contributed by atoms with Crippen molar-refractivity contribution in [3.8, 4) is 11.3 Å². The molecular formula is C20H21N5O2. The van der Waals surface area contributed by atoms with Crippen LogP contribution in [-0.4, -0.2) is 40.2 Å². The molecule has 1 aliphatic heterocycles. The molecule has 3 aromatic rings. The minimum Gasteiger partial charge on any atom is -0.361 e. The summed E-state index contributed by atoms with van der Waals surface area (Å²) in [5.74, 6) is 1.45. The highest BCUT2D eigenvalue weighted by molar-refractivity contribution is 5.76. The summed E-state index contributed by atoms with van der Waals surface area (Å²) in [7, 11) is 0. The lowest BCUT2D eigenvalue weighted by Crippen LogP contribution is -2.37. The zero-order valence-electron chi connectivity index (χ0n) is 14.9. The van der Waals surface area contributed by atoms with Crippen molar-refractivity contribution >= 4 is 11.9 Å². The van der Waals surface area contributed by atoms with E-state index in [0.29, 0.717) is 25.3 Å². The number of hydrogen-bond donors (Lipinski definition) is 1. The third-order valence-corrected chi connectivity index (χ3v) is 4.64. The van der Waals surface area contributed by atoms with Crippen LogP contribution in [0.2, 0.25) is 0 Å². The Bertz CT molecular complexity index is 882. The van der Waals surface area contributed by atoms with Crippen molar-refractivity contribution in [2.75, 3.05) is 18.0 Å². The molecule has 7 nitrogen and oxygen atoms in total. The van der Waals surface area contributed by atoms with E-state index in [1.54, 1.807) is 18.5 Å². The van der Waals surface area contributed by atoms with Crippen molar-refractivity contribution in [1.82, 2.24) is 20.4 Å². The molecule has 1 saturated heterocycles. The molecule has 1 aromatic carbocycles. The maximum Gasteiger partial charge on any atom is 0.225 e. The van der Waals surface area contributed by atoms with Gasteiger partial charge in [0.15, 0.2) is 0 Å². The first kappa shape index (κ1) is 17.2. The summed E-state index contributed by atoms with van der Waals surface area (Å²) in [5.41, 5.74) is 1.97. The molecule has 7 heteroatoms. The average molecular weight is 363 g/mol. The number of aryl methyl sites for hydroxylation is 1. The van der Waals surface area contributed by atoms with Gasteiger partial charge in [0, 0.05) is 49.8 Å². The van der Waals surface area contributed by atoms with E-state index in [2.05, 4.69) is 20.4 Å². The molecule has 4 rings (SSSR count). The minimum absolute atomic E-state index is 0.0252. The lowest BCUT2D eigenvalue weighted by Gasteiger charge is -2.17. The maximum atomic E-state index is 12.2. The molecule has 1 amide bonds. The highest BCUT2D eigenvalue weighted by atomic mass is 16.5. The summed E-state index contributed by atoms with van der Waals surface area (Å²) >= 11 is 0. The van der Waals surface area contributed by atoms with Gasteiger partial charge in [-0.2, -0.15) is 0 Å². The Kier molecular flexibility index (Phi) is 5.09. The van der Waals surface area contributed by atoms with Gasteiger partial charge in [0.25, 0.3) is 0 Å². The molecule has 0 radical (unpaired) electrons. The van der Waals surface area contributed by atoms with E-state index >= 15 is 0 Å². The van der Waals surface area contributed by atoms with Crippen LogP contribution in [-0.2, 0) is 11.2 Å². The summed E-state index contributed by atoms with van der Waals surface area (Å²) in [6.45, 7) is 1.54. The van der Waals surface area contributed by atoms with Crippen LogP contribution in [0.25, 0.3) is 11.3 Å². The first-order valence-electron chi connectivity index (χ1n) is 9.10. The first-order chi connectivity index (χ1) is 13.3. The number of nitrogens with zero attached hydrogens (tertiary/aromatic N) is 4. The minimum atomic E-state index is 0.0252. The predicted molar refractivity (Wildman–Crippen MR) is 101 cm³/mol. The number of benzene rings is 1. The van der Waals surface area contributed by atoms with Crippen LogP contribution in [0.1, 0.15) is 18.6 Å². The van der Waals surface area contributed by atoms with Gasteiger partial charge in [0.05, 0.1) is 11.9 Å². The van der Waals surface area contributed by atoms with Crippen LogP contribution in [0.3, 0.4) is 0 Å². The van der Waals surface area contributed by atoms with Gasteiger partial charge >= 0.3 is 0 Å². The van der Waals surface area contributed by atoms with E-state index in [1.807, 2.05) is 36.4 Å². The van der Waals surface area contributed by atoms with Crippen molar-refractivity contribution in [2.45, 2.75) is 25.3 Å². The number of anilines is 1. The monoisotopic (exact) mass is 363 g/mol. The van der Waals surface area contributed by atoms with Gasteiger partial charge in [-0.25, -0.2) is 9.97 Å². The number of hydrogen-bond acceptors (Lipinski definition) is 6. The van der Waals surface area contributed by atoms with E-state index < -0.39 is 0 Å². The quantitative estimate of drug-likeness (QED) is 0.724. The molecule has 1 fully saturated rings.